The standard InChI is InChI=1S/C27H50F2N4O/c1-21(2)30-12-9-26(10-13-30)19-33(14-15-34-26)24(6,7)16-23(5)31-11-8-25(27(28,29)20-31)17-32(18-25)22(3)4/h21-23H,8-20H2,1-7H3. The molecule has 1 unspecified atom stereocenters. The van der Waals surface area contributed by atoms with Gasteiger partial charge in [-0.1, -0.05) is 0 Å². The van der Waals surface area contributed by atoms with Crippen molar-refractivity contribution >= 4 is 0 Å². The van der Waals surface area contributed by atoms with Crippen molar-refractivity contribution in [2.24, 2.45) is 5.41 Å². The molecule has 4 rings (SSSR count). The van der Waals surface area contributed by atoms with Crippen LogP contribution >= 0.6 is 0 Å². The molecule has 7 heteroatoms. The minimum atomic E-state index is -2.61. The average Bonchev–Trinajstić information content (AvgIpc) is 2.71. The second-order valence-corrected chi connectivity index (χ2v) is 13.2. The third kappa shape index (κ3) is 5.06. The van der Waals surface area contributed by atoms with E-state index in [1.165, 1.54) is 0 Å². The van der Waals surface area contributed by atoms with Gasteiger partial charge in [-0.05, 0) is 80.7 Å². The van der Waals surface area contributed by atoms with Crippen molar-refractivity contribution in [3.05, 3.63) is 0 Å². The maximum absolute atomic E-state index is 15.4. The molecular weight excluding hydrogens is 434 g/mol. The largest absolute Gasteiger partial charge is 0.372 e. The fourth-order valence-corrected chi connectivity index (χ4v) is 7.00. The summed E-state index contributed by atoms with van der Waals surface area (Å²) in [5, 5.41) is 0. The van der Waals surface area contributed by atoms with Crippen molar-refractivity contribution in [3.63, 3.8) is 0 Å². The normalized spacial score (nSPS) is 29.7. The fraction of sp³-hybridized carbons (Fsp3) is 1.00. The highest BCUT2D eigenvalue weighted by molar-refractivity contribution is 5.09. The highest BCUT2D eigenvalue weighted by Crippen LogP contribution is 2.51. The number of likely N-dealkylation sites (tertiary alicyclic amines) is 3. The molecule has 5 nitrogen and oxygen atoms in total. The van der Waals surface area contributed by atoms with Crippen molar-refractivity contribution in [2.75, 3.05) is 59.0 Å². The van der Waals surface area contributed by atoms with Gasteiger partial charge in [-0.25, -0.2) is 8.78 Å². The van der Waals surface area contributed by atoms with Gasteiger partial charge in [0.25, 0.3) is 5.92 Å². The highest BCUT2D eigenvalue weighted by Gasteiger charge is 2.63. The molecule has 0 amide bonds. The summed E-state index contributed by atoms with van der Waals surface area (Å²) in [6.07, 6.45) is 3.69. The smallest absolute Gasteiger partial charge is 0.268 e. The Morgan fingerprint density at radius 2 is 1.35 bits per heavy atom. The number of halogens is 2. The molecule has 1 atom stereocenters. The third-order valence-corrected chi connectivity index (χ3v) is 9.76. The molecule has 0 aromatic rings. The van der Waals surface area contributed by atoms with Gasteiger partial charge in [0, 0.05) is 62.9 Å². The zero-order valence-electron chi connectivity index (χ0n) is 22.9. The van der Waals surface area contributed by atoms with E-state index in [1.807, 2.05) is 0 Å². The molecule has 4 saturated heterocycles. The minimum absolute atomic E-state index is 0.0405. The molecule has 198 valence electrons. The van der Waals surface area contributed by atoms with Crippen LogP contribution in [0, 0.1) is 5.41 Å². The van der Waals surface area contributed by atoms with E-state index in [1.54, 1.807) is 0 Å². The lowest BCUT2D eigenvalue weighted by atomic mass is 9.68. The SMILES string of the molecule is CC(C)N1CCC2(CC1)CN(C(C)(C)CC(C)N1CCC3(CN(C(C)C)C3)C(F)(F)C1)CCO2. The van der Waals surface area contributed by atoms with Crippen LogP contribution in [0.1, 0.15) is 74.1 Å². The van der Waals surface area contributed by atoms with Gasteiger partial charge < -0.3 is 9.64 Å². The van der Waals surface area contributed by atoms with E-state index in [0.717, 1.165) is 58.6 Å². The number of hydrogen-bond acceptors (Lipinski definition) is 5. The van der Waals surface area contributed by atoms with Crippen LogP contribution in [-0.4, -0.2) is 114 Å². The molecule has 0 bridgehead atoms. The maximum atomic E-state index is 15.4. The Morgan fingerprint density at radius 3 is 1.91 bits per heavy atom. The molecule has 34 heavy (non-hydrogen) atoms. The summed E-state index contributed by atoms with van der Waals surface area (Å²) >= 11 is 0. The summed E-state index contributed by atoms with van der Waals surface area (Å²) < 4.78 is 37.1. The Morgan fingerprint density at radius 1 is 0.765 bits per heavy atom. The van der Waals surface area contributed by atoms with Gasteiger partial charge in [-0.2, -0.15) is 0 Å². The molecule has 0 aliphatic carbocycles. The molecule has 4 fully saturated rings. The molecule has 0 aromatic heterocycles. The molecule has 4 aliphatic rings. The first-order valence-corrected chi connectivity index (χ1v) is 13.8. The van der Waals surface area contributed by atoms with Gasteiger partial charge in [-0.15, -0.1) is 0 Å². The lowest BCUT2D eigenvalue weighted by Crippen LogP contribution is -2.71. The molecule has 0 radical (unpaired) electrons. The van der Waals surface area contributed by atoms with Gasteiger partial charge in [-0.3, -0.25) is 14.7 Å². The topological polar surface area (TPSA) is 22.2 Å². The van der Waals surface area contributed by atoms with Crippen molar-refractivity contribution in [1.29, 1.82) is 0 Å². The van der Waals surface area contributed by atoms with Gasteiger partial charge in [0.05, 0.1) is 24.2 Å². The summed E-state index contributed by atoms with van der Waals surface area (Å²) in [6.45, 7) is 22.2. The van der Waals surface area contributed by atoms with E-state index in [0.29, 0.717) is 31.6 Å². The summed E-state index contributed by atoms with van der Waals surface area (Å²) in [7, 11) is 0. The van der Waals surface area contributed by atoms with E-state index in [2.05, 4.69) is 68.1 Å². The number of rotatable bonds is 6. The van der Waals surface area contributed by atoms with Gasteiger partial charge in [0.2, 0.25) is 0 Å². The first-order valence-electron chi connectivity index (χ1n) is 13.8. The lowest BCUT2D eigenvalue weighted by Gasteiger charge is -2.59. The summed E-state index contributed by atoms with van der Waals surface area (Å²) in [6, 6.07) is 1.08. The van der Waals surface area contributed by atoms with Crippen LogP contribution < -0.4 is 0 Å². The first-order chi connectivity index (χ1) is 15.8. The molecule has 0 saturated carbocycles. The second kappa shape index (κ2) is 9.51. The number of morpholine rings is 1. The van der Waals surface area contributed by atoms with Crippen molar-refractivity contribution < 1.29 is 13.5 Å². The van der Waals surface area contributed by atoms with Crippen molar-refractivity contribution in [2.45, 2.75) is 109 Å². The Balaban J connectivity index is 1.33. The highest BCUT2D eigenvalue weighted by atomic mass is 19.3. The van der Waals surface area contributed by atoms with E-state index in [9.17, 15) is 0 Å². The monoisotopic (exact) mass is 484 g/mol. The van der Waals surface area contributed by atoms with Crippen LogP contribution in [0.5, 0.6) is 0 Å². The lowest BCUT2D eigenvalue weighted by molar-refractivity contribution is -0.234. The molecule has 0 N–H and O–H groups in total. The van der Waals surface area contributed by atoms with Gasteiger partial charge in [0.1, 0.15) is 0 Å². The Bertz CT molecular complexity index is 699. The van der Waals surface area contributed by atoms with E-state index in [-0.39, 0.29) is 23.7 Å². The van der Waals surface area contributed by atoms with Crippen LogP contribution in [0.25, 0.3) is 0 Å². The zero-order chi connectivity index (χ0) is 24.9. The molecular formula is C27H50F2N4O. The molecule has 4 aliphatic heterocycles. The molecule has 2 spiro atoms. The fourth-order valence-electron chi connectivity index (χ4n) is 7.00. The van der Waals surface area contributed by atoms with Crippen LogP contribution in [0.15, 0.2) is 0 Å². The Labute approximate surface area is 207 Å². The second-order valence-electron chi connectivity index (χ2n) is 13.2. The van der Waals surface area contributed by atoms with Gasteiger partial charge in [0.15, 0.2) is 0 Å². The van der Waals surface area contributed by atoms with E-state index >= 15 is 8.78 Å². The summed E-state index contributed by atoms with van der Waals surface area (Å²) in [4.78, 5) is 9.40. The van der Waals surface area contributed by atoms with Crippen LogP contribution in [0.2, 0.25) is 0 Å². The molecule has 4 heterocycles. The van der Waals surface area contributed by atoms with Crippen molar-refractivity contribution in [1.82, 2.24) is 19.6 Å². The van der Waals surface area contributed by atoms with Crippen LogP contribution in [0.3, 0.4) is 0 Å². The number of ether oxygens (including phenoxy) is 1. The van der Waals surface area contributed by atoms with Crippen LogP contribution in [-0.2, 0) is 4.74 Å². The van der Waals surface area contributed by atoms with Gasteiger partial charge >= 0.3 is 0 Å². The van der Waals surface area contributed by atoms with E-state index in [4.69, 9.17) is 4.74 Å². The maximum Gasteiger partial charge on any atom is 0.268 e. The zero-order valence-corrected chi connectivity index (χ0v) is 22.9. The molecule has 0 aromatic carbocycles. The van der Waals surface area contributed by atoms with E-state index < -0.39 is 11.3 Å². The minimum Gasteiger partial charge on any atom is -0.372 e. The quantitative estimate of drug-likeness (QED) is 0.563. The first kappa shape index (κ1) is 26.7. The third-order valence-electron chi connectivity index (χ3n) is 9.76. The summed E-state index contributed by atoms with van der Waals surface area (Å²) in [5.41, 5.74) is -0.883. The predicted octanol–water partition coefficient (Wildman–Crippen LogP) is 4.17. The number of piperidine rings is 2. The van der Waals surface area contributed by atoms with Crippen molar-refractivity contribution in [3.8, 4) is 0 Å². The average molecular weight is 485 g/mol. The predicted molar refractivity (Wildman–Crippen MR) is 135 cm³/mol. The number of nitrogens with zero attached hydrogens (tertiary/aromatic N) is 4. The van der Waals surface area contributed by atoms with Crippen LogP contribution in [0.4, 0.5) is 8.78 Å². The summed E-state index contributed by atoms with van der Waals surface area (Å²) in [5.74, 6) is -2.61. The number of alkyl halides is 2. The number of hydrogen-bond donors (Lipinski definition) is 0. The Hall–Kier alpha value is -0.340. The Kier molecular flexibility index (Phi) is 7.48.